The maximum atomic E-state index is 13.6. The number of nitrogens with zero attached hydrogens (tertiary/aromatic N) is 2. The number of hydrogen-bond donors (Lipinski definition) is 1. The second-order valence-corrected chi connectivity index (χ2v) is 7.62. The van der Waals surface area contributed by atoms with E-state index in [-0.39, 0.29) is 18.8 Å². The van der Waals surface area contributed by atoms with Crippen molar-refractivity contribution in [2.75, 3.05) is 6.54 Å². The standard InChI is InChI=1S/C15H17F2N3O4S/c1-9-19-15(24-20-9)14-6-5-10(23-14)7-18-25(21,22)8-11-12(16)3-2-4-13(11)17/h2-4,10,14,18H,5-8H2,1H3/t10-,14+/m1/s1. The minimum Gasteiger partial charge on any atom is -0.364 e. The van der Waals surface area contributed by atoms with Crippen LogP contribution in [0.25, 0.3) is 0 Å². The molecule has 1 aromatic carbocycles. The van der Waals surface area contributed by atoms with Crippen LogP contribution in [0.2, 0.25) is 0 Å². The highest BCUT2D eigenvalue weighted by atomic mass is 32.2. The Kier molecular flexibility index (Phi) is 5.11. The van der Waals surface area contributed by atoms with Crippen LogP contribution in [0.4, 0.5) is 8.78 Å². The Morgan fingerprint density at radius 1 is 1.28 bits per heavy atom. The summed E-state index contributed by atoms with van der Waals surface area (Å²) in [6, 6.07) is 3.22. The topological polar surface area (TPSA) is 94.3 Å². The Balaban J connectivity index is 1.56. The summed E-state index contributed by atoms with van der Waals surface area (Å²) in [6.07, 6.45) is 0.468. The van der Waals surface area contributed by atoms with Crippen molar-refractivity contribution in [3.63, 3.8) is 0 Å². The van der Waals surface area contributed by atoms with E-state index in [0.29, 0.717) is 24.6 Å². The molecule has 0 spiro atoms. The molecule has 0 amide bonds. The zero-order valence-electron chi connectivity index (χ0n) is 13.4. The highest BCUT2D eigenvalue weighted by molar-refractivity contribution is 7.88. The first-order chi connectivity index (χ1) is 11.8. The number of nitrogens with one attached hydrogen (secondary N) is 1. The van der Waals surface area contributed by atoms with Crippen LogP contribution in [0.15, 0.2) is 22.7 Å². The summed E-state index contributed by atoms with van der Waals surface area (Å²) < 4.78 is 64.4. The average Bonchev–Trinajstić information content (AvgIpc) is 3.18. The molecule has 0 aliphatic carbocycles. The third-order valence-corrected chi connectivity index (χ3v) is 5.13. The Bertz CT molecular complexity index is 836. The monoisotopic (exact) mass is 373 g/mol. The first-order valence-corrected chi connectivity index (χ1v) is 9.35. The van der Waals surface area contributed by atoms with E-state index in [1.165, 1.54) is 6.07 Å². The highest BCUT2D eigenvalue weighted by Gasteiger charge is 2.31. The Hall–Kier alpha value is -1.91. The number of hydrogen-bond acceptors (Lipinski definition) is 6. The Labute approximate surface area is 143 Å². The molecule has 0 saturated carbocycles. The van der Waals surface area contributed by atoms with E-state index >= 15 is 0 Å². The van der Waals surface area contributed by atoms with Crippen LogP contribution in [-0.4, -0.2) is 31.2 Å². The second kappa shape index (κ2) is 7.14. The third-order valence-electron chi connectivity index (χ3n) is 3.85. The van der Waals surface area contributed by atoms with Gasteiger partial charge in [0, 0.05) is 12.1 Å². The van der Waals surface area contributed by atoms with Crippen LogP contribution in [0.1, 0.15) is 36.2 Å². The van der Waals surface area contributed by atoms with Crippen molar-refractivity contribution in [1.82, 2.24) is 14.9 Å². The fourth-order valence-corrected chi connectivity index (χ4v) is 3.81. The molecule has 25 heavy (non-hydrogen) atoms. The predicted molar refractivity (Wildman–Crippen MR) is 82.9 cm³/mol. The smallest absolute Gasteiger partial charge is 0.255 e. The van der Waals surface area contributed by atoms with E-state index in [1.807, 2.05) is 0 Å². The molecule has 1 fully saturated rings. The minimum atomic E-state index is -3.91. The van der Waals surface area contributed by atoms with Gasteiger partial charge in [0.05, 0.1) is 11.9 Å². The van der Waals surface area contributed by atoms with Crippen molar-refractivity contribution in [1.29, 1.82) is 0 Å². The van der Waals surface area contributed by atoms with Gasteiger partial charge < -0.3 is 9.26 Å². The van der Waals surface area contributed by atoms with Crippen LogP contribution < -0.4 is 4.72 Å². The van der Waals surface area contributed by atoms with Gasteiger partial charge in [-0.3, -0.25) is 0 Å². The SMILES string of the molecule is Cc1noc([C@@H]2CC[C@H](CNS(=O)(=O)Cc3c(F)cccc3F)O2)n1. The third kappa shape index (κ3) is 4.39. The molecule has 1 saturated heterocycles. The van der Waals surface area contributed by atoms with Gasteiger partial charge in [0.1, 0.15) is 17.7 Å². The molecule has 0 bridgehead atoms. The summed E-state index contributed by atoms with van der Waals surface area (Å²) in [4.78, 5) is 4.09. The molecule has 1 aliphatic heterocycles. The molecule has 2 atom stereocenters. The van der Waals surface area contributed by atoms with E-state index in [0.717, 1.165) is 12.1 Å². The maximum absolute atomic E-state index is 13.6. The second-order valence-electron chi connectivity index (χ2n) is 5.81. The molecule has 10 heteroatoms. The van der Waals surface area contributed by atoms with Gasteiger partial charge in [-0.05, 0) is 31.9 Å². The van der Waals surface area contributed by atoms with Crippen LogP contribution in [0.5, 0.6) is 0 Å². The number of halogens is 2. The minimum absolute atomic E-state index is 0.00201. The van der Waals surface area contributed by atoms with Crippen LogP contribution in [-0.2, 0) is 20.5 Å². The van der Waals surface area contributed by atoms with Crippen LogP contribution in [0, 0.1) is 18.6 Å². The number of rotatable bonds is 6. The lowest BCUT2D eigenvalue weighted by Gasteiger charge is -2.13. The summed E-state index contributed by atoms with van der Waals surface area (Å²) in [7, 11) is -3.91. The first kappa shape index (κ1) is 17.9. The van der Waals surface area contributed by atoms with Gasteiger partial charge >= 0.3 is 0 Å². The Morgan fingerprint density at radius 2 is 2.00 bits per heavy atom. The summed E-state index contributed by atoms with van der Waals surface area (Å²) in [5.41, 5.74) is -0.485. The molecule has 1 aromatic heterocycles. The fourth-order valence-electron chi connectivity index (χ4n) is 2.61. The van der Waals surface area contributed by atoms with E-state index in [2.05, 4.69) is 14.9 Å². The van der Waals surface area contributed by atoms with Crippen LogP contribution in [0.3, 0.4) is 0 Å². The number of aromatic nitrogens is 2. The molecule has 136 valence electrons. The first-order valence-electron chi connectivity index (χ1n) is 7.70. The van der Waals surface area contributed by atoms with Crippen molar-refractivity contribution in [2.45, 2.75) is 37.7 Å². The van der Waals surface area contributed by atoms with Crippen LogP contribution >= 0.6 is 0 Å². The maximum Gasteiger partial charge on any atom is 0.255 e. The molecular formula is C15H17F2N3O4S. The van der Waals surface area contributed by atoms with Gasteiger partial charge in [0.2, 0.25) is 10.0 Å². The quantitative estimate of drug-likeness (QED) is 0.832. The number of sulfonamides is 1. The molecule has 0 unspecified atom stereocenters. The van der Waals surface area contributed by atoms with Gasteiger partial charge in [-0.1, -0.05) is 11.2 Å². The van der Waals surface area contributed by atoms with Crippen molar-refractivity contribution in [3.8, 4) is 0 Å². The highest BCUT2D eigenvalue weighted by Crippen LogP contribution is 2.31. The molecular weight excluding hydrogens is 356 g/mol. The molecule has 2 heterocycles. The van der Waals surface area contributed by atoms with E-state index in [4.69, 9.17) is 9.26 Å². The molecule has 7 nitrogen and oxygen atoms in total. The largest absolute Gasteiger partial charge is 0.364 e. The van der Waals surface area contributed by atoms with E-state index in [1.54, 1.807) is 6.92 Å². The normalized spacial score (nSPS) is 20.9. The van der Waals surface area contributed by atoms with Crippen molar-refractivity contribution in [3.05, 3.63) is 47.1 Å². The lowest BCUT2D eigenvalue weighted by Crippen LogP contribution is -2.33. The summed E-state index contributed by atoms with van der Waals surface area (Å²) >= 11 is 0. The number of ether oxygens (including phenoxy) is 1. The zero-order valence-corrected chi connectivity index (χ0v) is 14.2. The summed E-state index contributed by atoms with van der Waals surface area (Å²) in [5, 5.41) is 3.69. The van der Waals surface area contributed by atoms with Crippen molar-refractivity contribution in [2.24, 2.45) is 0 Å². The molecule has 1 aliphatic rings. The van der Waals surface area contributed by atoms with Gasteiger partial charge in [-0.2, -0.15) is 4.98 Å². The fraction of sp³-hybridized carbons (Fsp3) is 0.467. The molecule has 0 radical (unpaired) electrons. The number of aryl methyl sites for hydroxylation is 1. The summed E-state index contributed by atoms with van der Waals surface area (Å²) in [6.45, 7) is 1.69. The van der Waals surface area contributed by atoms with Gasteiger partial charge in [0.15, 0.2) is 5.82 Å². The molecule has 1 N–H and O–H groups in total. The van der Waals surface area contributed by atoms with E-state index in [9.17, 15) is 17.2 Å². The van der Waals surface area contributed by atoms with Gasteiger partial charge in [-0.25, -0.2) is 21.9 Å². The predicted octanol–water partition coefficient (Wildman–Crippen LogP) is 2.00. The summed E-state index contributed by atoms with van der Waals surface area (Å²) in [5.74, 6) is -1.71. The van der Waals surface area contributed by atoms with Crippen molar-refractivity contribution < 1.29 is 26.5 Å². The average molecular weight is 373 g/mol. The van der Waals surface area contributed by atoms with Gasteiger partial charge in [0.25, 0.3) is 5.89 Å². The Morgan fingerprint density at radius 3 is 2.64 bits per heavy atom. The molecule has 2 aromatic rings. The molecule has 3 rings (SSSR count). The lowest BCUT2D eigenvalue weighted by molar-refractivity contribution is 0.0290. The zero-order chi connectivity index (χ0) is 18.0. The van der Waals surface area contributed by atoms with Gasteiger partial charge in [-0.15, -0.1) is 0 Å². The lowest BCUT2D eigenvalue weighted by atomic mass is 10.2. The van der Waals surface area contributed by atoms with Crippen molar-refractivity contribution >= 4 is 10.0 Å². The van der Waals surface area contributed by atoms with E-state index < -0.39 is 33.0 Å². The number of benzene rings is 1.